The van der Waals surface area contributed by atoms with Crippen LogP contribution in [-0.4, -0.2) is 43.3 Å². The number of unbranched alkanes of at least 4 members (excludes halogenated alkanes) is 9. The Hall–Kier alpha value is -0.610. The van der Waals surface area contributed by atoms with E-state index in [9.17, 15) is 4.79 Å². The number of carbonyl (C=O) groups is 1. The maximum absolute atomic E-state index is 12.1. The van der Waals surface area contributed by atoms with Crippen LogP contribution >= 0.6 is 0 Å². The number of likely N-dealkylation sites (N-methyl/N-ethyl adjacent to an activating group) is 1. The second kappa shape index (κ2) is 15.4. The SMILES string of the molecule is CCCCCCCCCCCCNC(CCC)N(C)C(C)(C)C(=O)OC. The fourth-order valence-corrected chi connectivity index (χ4v) is 3.37. The van der Waals surface area contributed by atoms with Gasteiger partial charge in [0, 0.05) is 0 Å². The molecule has 0 amide bonds. The van der Waals surface area contributed by atoms with Gasteiger partial charge in [0.2, 0.25) is 0 Å². The predicted molar refractivity (Wildman–Crippen MR) is 112 cm³/mol. The highest BCUT2D eigenvalue weighted by Gasteiger charge is 2.36. The van der Waals surface area contributed by atoms with Gasteiger partial charge in [0.05, 0.1) is 13.3 Å². The normalized spacial score (nSPS) is 13.2. The smallest absolute Gasteiger partial charge is 0.325 e. The summed E-state index contributed by atoms with van der Waals surface area (Å²) in [5.74, 6) is -0.179. The molecule has 0 aromatic rings. The van der Waals surface area contributed by atoms with E-state index in [1.165, 1.54) is 71.3 Å². The highest BCUT2D eigenvalue weighted by Crippen LogP contribution is 2.19. The third-order valence-corrected chi connectivity index (χ3v) is 5.51. The summed E-state index contributed by atoms with van der Waals surface area (Å²) < 4.78 is 4.97. The van der Waals surface area contributed by atoms with Gasteiger partial charge in [0.25, 0.3) is 0 Å². The number of ether oxygens (including phenoxy) is 1. The highest BCUT2D eigenvalue weighted by molar-refractivity contribution is 5.79. The number of methoxy groups -OCH3 is 1. The van der Waals surface area contributed by atoms with Crippen molar-refractivity contribution in [3.8, 4) is 0 Å². The summed E-state index contributed by atoms with van der Waals surface area (Å²) in [7, 11) is 3.48. The molecule has 0 heterocycles. The lowest BCUT2D eigenvalue weighted by atomic mass is 10.0. The molecule has 0 aliphatic heterocycles. The minimum absolute atomic E-state index is 0.179. The molecular formula is C22H46N2O2. The lowest BCUT2D eigenvalue weighted by Crippen LogP contribution is -2.57. The van der Waals surface area contributed by atoms with E-state index in [0.717, 1.165) is 19.4 Å². The Labute approximate surface area is 163 Å². The quantitative estimate of drug-likeness (QED) is 0.208. The van der Waals surface area contributed by atoms with Crippen LogP contribution in [0.25, 0.3) is 0 Å². The molecule has 0 aliphatic carbocycles. The van der Waals surface area contributed by atoms with E-state index < -0.39 is 5.54 Å². The van der Waals surface area contributed by atoms with Gasteiger partial charge >= 0.3 is 5.97 Å². The van der Waals surface area contributed by atoms with E-state index in [4.69, 9.17) is 4.74 Å². The summed E-state index contributed by atoms with van der Waals surface area (Å²) in [6.07, 6.45) is 15.9. The standard InChI is InChI=1S/C22H46N2O2/c1-7-9-10-11-12-13-14-15-16-17-19-23-20(18-8-2)24(5)22(3,4)21(25)26-6/h20,23H,7-19H2,1-6H3. The van der Waals surface area contributed by atoms with Gasteiger partial charge in [-0.05, 0) is 40.3 Å². The van der Waals surface area contributed by atoms with Crippen molar-refractivity contribution in [3.63, 3.8) is 0 Å². The molecule has 4 nitrogen and oxygen atoms in total. The maximum Gasteiger partial charge on any atom is 0.325 e. The molecule has 0 rings (SSSR count). The molecule has 1 N–H and O–H groups in total. The molecule has 0 bridgehead atoms. The summed E-state index contributed by atoms with van der Waals surface area (Å²) >= 11 is 0. The number of nitrogens with one attached hydrogen (secondary N) is 1. The van der Waals surface area contributed by atoms with E-state index >= 15 is 0 Å². The first-order chi connectivity index (χ1) is 12.4. The number of nitrogens with zero attached hydrogens (tertiary/aromatic N) is 1. The van der Waals surface area contributed by atoms with Crippen molar-refractivity contribution in [2.45, 2.75) is 116 Å². The van der Waals surface area contributed by atoms with Crippen LogP contribution in [0.15, 0.2) is 0 Å². The van der Waals surface area contributed by atoms with Crippen LogP contribution in [0.1, 0.15) is 105 Å². The third kappa shape index (κ3) is 10.5. The Kier molecular flexibility index (Phi) is 15.1. The molecule has 0 fully saturated rings. The molecular weight excluding hydrogens is 324 g/mol. The lowest BCUT2D eigenvalue weighted by Gasteiger charge is -2.39. The molecule has 26 heavy (non-hydrogen) atoms. The first-order valence-corrected chi connectivity index (χ1v) is 11.0. The maximum atomic E-state index is 12.1. The van der Waals surface area contributed by atoms with Gasteiger partial charge in [-0.1, -0.05) is 78.1 Å². The van der Waals surface area contributed by atoms with Gasteiger partial charge < -0.3 is 10.1 Å². The third-order valence-electron chi connectivity index (χ3n) is 5.51. The van der Waals surface area contributed by atoms with Crippen molar-refractivity contribution >= 4 is 5.97 Å². The number of hydrogen-bond donors (Lipinski definition) is 1. The number of rotatable bonds is 17. The van der Waals surface area contributed by atoms with E-state index in [-0.39, 0.29) is 12.1 Å². The molecule has 0 spiro atoms. The van der Waals surface area contributed by atoms with E-state index in [0.29, 0.717) is 0 Å². The summed E-state index contributed by atoms with van der Waals surface area (Å²) in [5.41, 5.74) is -0.612. The van der Waals surface area contributed by atoms with Crippen molar-refractivity contribution in [1.29, 1.82) is 0 Å². The molecule has 0 radical (unpaired) electrons. The van der Waals surface area contributed by atoms with Crippen molar-refractivity contribution < 1.29 is 9.53 Å². The zero-order valence-corrected chi connectivity index (χ0v) is 18.5. The zero-order valence-electron chi connectivity index (χ0n) is 18.5. The molecule has 0 saturated carbocycles. The topological polar surface area (TPSA) is 41.6 Å². The monoisotopic (exact) mass is 370 g/mol. The second-order valence-corrected chi connectivity index (χ2v) is 8.10. The number of hydrogen-bond acceptors (Lipinski definition) is 4. The molecule has 156 valence electrons. The molecule has 1 atom stereocenters. The van der Waals surface area contributed by atoms with Gasteiger partial charge in [0.15, 0.2) is 0 Å². The summed E-state index contributed by atoms with van der Waals surface area (Å²) in [6, 6.07) is 0. The average molecular weight is 371 g/mol. The molecule has 1 unspecified atom stereocenters. The Morgan fingerprint density at radius 3 is 1.88 bits per heavy atom. The summed E-state index contributed by atoms with van der Waals surface area (Å²) in [6.45, 7) is 9.34. The van der Waals surface area contributed by atoms with E-state index in [2.05, 4.69) is 24.1 Å². The van der Waals surface area contributed by atoms with Crippen molar-refractivity contribution in [3.05, 3.63) is 0 Å². The van der Waals surface area contributed by atoms with Crippen LogP contribution in [0.5, 0.6) is 0 Å². The lowest BCUT2D eigenvalue weighted by molar-refractivity contribution is -0.154. The molecule has 0 saturated heterocycles. The number of carbonyl (C=O) groups excluding carboxylic acids is 1. The minimum Gasteiger partial charge on any atom is -0.468 e. The number of esters is 1. The first kappa shape index (κ1) is 25.4. The fourth-order valence-electron chi connectivity index (χ4n) is 3.37. The second-order valence-electron chi connectivity index (χ2n) is 8.10. The Balaban J connectivity index is 3.95. The van der Waals surface area contributed by atoms with Gasteiger partial charge in [0.1, 0.15) is 5.54 Å². The Morgan fingerprint density at radius 1 is 0.923 bits per heavy atom. The van der Waals surface area contributed by atoms with Gasteiger partial charge in [-0.15, -0.1) is 0 Å². The van der Waals surface area contributed by atoms with Crippen LogP contribution in [0.4, 0.5) is 0 Å². The van der Waals surface area contributed by atoms with Crippen molar-refractivity contribution in [1.82, 2.24) is 10.2 Å². The molecule has 0 aromatic carbocycles. The van der Waals surface area contributed by atoms with Gasteiger partial charge in [-0.3, -0.25) is 9.69 Å². The molecule has 0 aliphatic rings. The molecule has 4 heteroatoms. The van der Waals surface area contributed by atoms with Crippen LogP contribution < -0.4 is 5.32 Å². The van der Waals surface area contributed by atoms with Crippen molar-refractivity contribution in [2.75, 3.05) is 20.7 Å². The average Bonchev–Trinajstić information content (AvgIpc) is 2.63. The fraction of sp³-hybridized carbons (Fsp3) is 0.955. The van der Waals surface area contributed by atoms with Crippen molar-refractivity contribution in [2.24, 2.45) is 0 Å². The van der Waals surface area contributed by atoms with Crippen LogP contribution in [0.3, 0.4) is 0 Å². The Morgan fingerprint density at radius 2 is 1.42 bits per heavy atom. The largest absolute Gasteiger partial charge is 0.468 e. The highest BCUT2D eigenvalue weighted by atomic mass is 16.5. The van der Waals surface area contributed by atoms with E-state index in [1.807, 2.05) is 20.9 Å². The Bertz CT molecular complexity index is 345. The summed E-state index contributed by atoms with van der Waals surface area (Å²) in [5, 5.41) is 3.65. The van der Waals surface area contributed by atoms with E-state index in [1.54, 1.807) is 0 Å². The van der Waals surface area contributed by atoms with Crippen LogP contribution in [0.2, 0.25) is 0 Å². The minimum atomic E-state index is -0.612. The zero-order chi connectivity index (χ0) is 19.8. The summed E-state index contributed by atoms with van der Waals surface area (Å²) in [4.78, 5) is 14.2. The van der Waals surface area contributed by atoms with Gasteiger partial charge in [-0.25, -0.2) is 0 Å². The van der Waals surface area contributed by atoms with Crippen LogP contribution in [-0.2, 0) is 9.53 Å². The first-order valence-electron chi connectivity index (χ1n) is 11.0. The van der Waals surface area contributed by atoms with Crippen LogP contribution in [0, 0.1) is 0 Å². The van der Waals surface area contributed by atoms with Gasteiger partial charge in [-0.2, -0.15) is 0 Å². The molecule has 0 aromatic heterocycles. The predicted octanol–water partition coefficient (Wildman–Crippen LogP) is 5.51.